The predicted molar refractivity (Wildman–Crippen MR) is 97.0 cm³/mol. The number of aliphatic carboxylic acids is 1. The fourth-order valence-corrected chi connectivity index (χ4v) is 4.30. The Morgan fingerprint density at radius 3 is 2.36 bits per heavy atom. The van der Waals surface area contributed by atoms with Gasteiger partial charge >= 0.3 is 5.97 Å². The van der Waals surface area contributed by atoms with Crippen LogP contribution < -0.4 is 4.31 Å². The first-order valence-corrected chi connectivity index (χ1v) is 9.09. The van der Waals surface area contributed by atoms with Crippen LogP contribution in [0.25, 0.3) is 11.1 Å². The Morgan fingerprint density at radius 2 is 1.76 bits per heavy atom. The highest BCUT2D eigenvalue weighted by molar-refractivity contribution is 7.99. The van der Waals surface area contributed by atoms with Gasteiger partial charge in [-0.05, 0) is 55.2 Å². The van der Waals surface area contributed by atoms with Crippen molar-refractivity contribution in [3.05, 3.63) is 51.6 Å². The summed E-state index contributed by atoms with van der Waals surface area (Å²) in [7, 11) is 0. The van der Waals surface area contributed by atoms with Crippen LogP contribution in [0.3, 0.4) is 0 Å². The van der Waals surface area contributed by atoms with Crippen LogP contribution in [0.4, 0.5) is 14.5 Å². The molecular formula is C19H19F2NO2S. The van der Waals surface area contributed by atoms with E-state index in [4.69, 9.17) is 0 Å². The van der Waals surface area contributed by atoms with Crippen LogP contribution in [0, 0.1) is 32.4 Å². The summed E-state index contributed by atoms with van der Waals surface area (Å²) in [6, 6.07) is 2.31. The molecule has 0 aromatic heterocycles. The molecule has 2 aromatic carbocycles. The van der Waals surface area contributed by atoms with Crippen molar-refractivity contribution in [3.8, 4) is 11.1 Å². The van der Waals surface area contributed by atoms with E-state index in [2.05, 4.69) is 0 Å². The topological polar surface area (TPSA) is 40.5 Å². The molecule has 0 amide bonds. The van der Waals surface area contributed by atoms with E-state index in [1.165, 1.54) is 11.9 Å². The number of rotatable bonds is 3. The molecule has 0 fully saturated rings. The van der Waals surface area contributed by atoms with Gasteiger partial charge in [-0.15, -0.1) is 0 Å². The van der Waals surface area contributed by atoms with Crippen molar-refractivity contribution in [2.75, 3.05) is 10.6 Å². The summed E-state index contributed by atoms with van der Waals surface area (Å²) in [5.74, 6) is -1.79. The second-order valence-electron chi connectivity index (χ2n) is 6.25. The molecule has 1 heterocycles. The van der Waals surface area contributed by atoms with E-state index >= 15 is 0 Å². The van der Waals surface area contributed by atoms with Crippen LogP contribution in [-0.2, 0) is 17.8 Å². The van der Waals surface area contributed by atoms with E-state index in [0.29, 0.717) is 16.7 Å². The number of nitrogens with zero attached hydrogens (tertiary/aromatic N) is 1. The molecule has 25 heavy (non-hydrogen) atoms. The normalized spacial score (nSPS) is 12.8. The van der Waals surface area contributed by atoms with Crippen LogP contribution in [0.5, 0.6) is 0 Å². The number of anilines is 1. The smallest absolute Gasteiger partial charge is 0.307 e. The fraction of sp³-hybridized carbons (Fsp3) is 0.316. The van der Waals surface area contributed by atoms with Crippen molar-refractivity contribution in [1.29, 1.82) is 0 Å². The number of carboxylic acid groups (broad SMARTS) is 1. The van der Waals surface area contributed by atoms with Crippen molar-refractivity contribution in [1.82, 2.24) is 0 Å². The van der Waals surface area contributed by atoms with Gasteiger partial charge < -0.3 is 9.41 Å². The highest BCUT2D eigenvalue weighted by Gasteiger charge is 2.32. The summed E-state index contributed by atoms with van der Waals surface area (Å²) in [5, 5.41) is 9.24. The number of benzene rings is 2. The third-order valence-corrected chi connectivity index (χ3v) is 5.74. The van der Waals surface area contributed by atoms with Gasteiger partial charge in [0.05, 0.1) is 18.7 Å². The Bertz CT molecular complexity index is 896. The molecule has 6 heteroatoms. The fourth-order valence-electron chi connectivity index (χ4n) is 3.63. The lowest BCUT2D eigenvalue weighted by Gasteiger charge is -2.35. The second-order valence-corrected chi connectivity index (χ2v) is 7.06. The SMILES string of the molecule is CSN1Cc2c(F)ccc(F)c2-c2c(C)c(C)c(CC(=O)O)c(C)c21. The maximum atomic E-state index is 14.6. The zero-order chi connectivity index (χ0) is 18.5. The molecule has 1 aliphatic rings. The lowest BCUT2D eigenvalue weighted by atomic mass is 9.83. The zero-order valence-corrected chi connectivity index (χ0v) is 15.4. The molecule has 0 radical (unpaired) electrons. The van der Waals surface area contributed by atoms with E-state index in [1.54, 1.807) is 0 Å². The van der Waals surface area contributed by atoms with Crippen molar-refractivity contribution in [2.24, 2.45) is 0 Å². The molecule has 3 nitrogen and oxygen atoms in total. The molecule has 0 unspecified atom stereocenters. The Hall–Kier alpha value is -2.08. The number of carboxylic acids is 1. The number of hydrogen-bond acceptors (Lipinski definition) is 3. The number of hydrogen-bond donors (Lipinski definition) is 1. The summed E-state index contributed by atoms with van der Waals surface area (Å²) in [4.78, 5) is 11.3. The average molecular weight is 363 g/mol. The van der Waals surface area contributed by atoms with Crippen LogP contribution in [0.1, 0.15) is 27.8 Å². The van der Waals surface area contributed by atoms with Crippen molar-refractivity contribution in [3.63, 3.8) is 0 Å². The van der Waals surface area contributed by atoms with Crippen molar-refractivity contribution in [2.45, 2.75) is 33.7 Å². The molecule has 2 aromatic rings. The number of fused-ring (bicyclic) bond motifs is 3. The second kappa shape index (κ2) is 6.33. The highest BCUT2D eigenvalue weighted by Crippen LogP contribution is 2.49. The van der Waals surface area contributed by atoms with Gasteiger partial charge in [0.25, 0.3) is 0 Å². The van der Waals surface area contributed by atoms with Gasteiger partial charge in [-0.2, -0.15) is 0 Å². The summed E-state index contributed by atoms with van der Waals surface area (Å²) < 4.78 is 30.9. The predicted octanol–water partition coefficient (Wildman–Crippen LogP) is 4.78. The molecule has 0 saturated carbocycles. The summed E-state index contributed by atoms with van der Waals surface area (Å²) >= 11 is 1.42. The van der Waals surface area contributed by atoms with Gasteiger partial charge in [0, 0.05) is 22.9 Å². The van der Waals surface area contributed by atoms with Gasteiger partial charge in [-0.1, -0.05) is 11.9 Å². The average Bonchev–Trinajstić information content (AvgIpc) is 2.58. The van der Waals surface area contributed by atoms with Crippen molar-refractivity contribution < 1.29 is 18.7 Å². The lowest BCUT2D eigenvalue weighted by molar-refractivity contribution is -0.136. The van der Waals surface area contributed by atoms with Gasteiger partial charge in [0.1, 0.15) is 11.6 Å². The van der Waals surface area contributed by atoms with Gasteiger partial charge in [-0.3, -0.25) is 4.79 Å². The molecule has 1 N–H and O–H groups in total. The molecule has 0 bridgehead atoms. The Balaban J connectivity index is 2.43. The largest absolute Gasteiger partial charge is 0.481 e. The molecular weight excluding hydrogens is 344 g/mol. The first-order valence-electron chi connectivity index (χ1n) is 7.91. The molecule has 0 atom stereocenters. The Labute approximate surface area is 149 Å². The molecule has 3 rings (SSSR count). The van der Waals surface area contributed by atoms with E-state index in [9.17, 15) is 18.7 Å². The summed E-state index contributed by atoms with van der Waals surface area (Å²) in [6.07, 6.45) is 1.78. The van der Waals surface area contributed by atoms with E-state index in [0.717, 1.165) is 40.1 Å². The molecule has 1 aliphatic heterocycles. The van der Waals surface area contributed by atoms with E-state index in [1.807, 2.05) is 31.3 Å². The van der Waals surface area contributed by atoms with Crippen LogP contribution >= 0.6 is 11.9 Å². The van der Waals surface area contributed by atoms with Crippen LogP contribution in [0.15, 0.2) is 12.1 Å². The summed E-state index contributed by atoms with van der Waals surface area (Å²) in [5.41, 5.74) is 5.24. The highest BCUT2D eigenvalue weighted by atomic mass is 32.2. The quantitative estimate of drug-likeness (QED) is 0.797. The standard InChI is InChI=1S/C19H19F2NO2S/c1-9-10(2)17-18-13(14(20)5-6-15(18)21)8-22(25-4)19(17)11(3)12(9)7-16(23)24/h5-6H,7-8H2,1-4H3,(H,23,24). The third kappa shape index (κ3) is 2.68. The molecule has 0 spiro atoms. The lowest BCUT2D eigenvalue weighted by Crippen LogP contribution is -2.24. The van der Waals surface area contributed by atoms with Crippen molar-refractivity contribution >= 4 is 23.6 Å². The number of carbonyl (C=O) groups is 1. The Kier molecular flexibility index (Phi) is 4.49. The summed E-state index contributed by atoms with van der Waals surface area (Å²) in [6.45, 7) is 5.78. The van der Waals surface area contributed by atoms with E-state index < -0.39 is 17.6 Å². The first-order chi connectivity index (χ1) is 11.8. The van der Waals surface area contributed by atoms with Crippen LogP contribution in [0.2, 0.25) is 0 Å². The van der Waals surface area contributed by atoms with Crippen LogP contribution in [-0.4, -0.2) is 17.3 Å². The van der Waals surface area contributed by atoms with Gasteiger partial charge in [0.15, 0.2) is 0 Å². The third-order valence-electron chi connectivity index (χ3n) is 4.99. The Morgan fingerprint density at radius 1 is 1.12 bits per heavy atom. The molecule has 0 aliphatic carbocycles. The number of halogens is 2. The van der Waals surface area contributed by atoms with E-state index in [-0.39, 0.29) is 13.0 Å². The minimum atomic E-state index is -0.908. The molecule has 132 valence electrons. The van der Waals surface area contributed by atoms with Gasteiger partial charge in [0.2, 0.25) is 0 Å². The zero-order valence-electron chi connectivity index (χ0n) is 14.5. The minimum absolute atomic E-state index is 0.0908. The maximum absolute atomic E-state index is 14.6. The van der Waals surface area contributed by atoms with Gasteiger partial charge in [-0.25, -0.2) is 8.78 Å². The maximum Gasteiger partial charge on any atom is 0.307 e. The molecule has 0 saturated heterocycles. The first kappa shape index (κ1) is 17.7. The minimum Gasteiger partial charge on any atom is -0.481 e. The monoisotopic (exact) mass is 363 g/mol.